The number of piperazine rings is 1. The lowest BCUT2D eigenvalue weighted by Gasteiger charge is -2.41. The molecule has 2 N–H and O–H groups in total. The molecular weight excluding hydrogens is 409 g/mol. The molecule has 154 valence electrons. The molecule has 1 heterocycles. The van der Waals surface area contributed by atoms with Crippen molar-refractivity contribution in [3.8, 4) is 5.75 Å². The fourth-order valence-electron chi connectivity index (χ4n) is 3.93. The van der Waals surface area contributed by atoms with E-state index in [1.807, 2.05) is 23.1 Å². The van der Waals surface area contributed by atoms with Gasteiger partial charge in [0.05, 0.1) is 12.6 Å². The monoisotopic (exact) mass is 437 g/mol. The van der Waals surface area contributed by atoms with Crippen LogP contribution in [0.1, 0.15) is 37.7 Å². The topological polar surface area (TPSA) is 58.8 Å². The standard InChI is InChI=1S/C19H28ClN3O2.2ClH/c1-25-17-6-5-16(20)13-15(17)14-22-9-11-23(12-10-22)18(24)19(21)7-3-2-4-8-19;;/h5-6,13H,2-4,7-12,14,21H2,1H3;2*1H. The molecule has 1 saturated heterocycles. The van der Waals surface area contributed by atoms with Gasteiger partial charge in [0.25, 0.3) is 0 Å². The maximum Gasteiger partial charge on any atom is 0.242 e. The number of amides is 1. The van der Waals surface area contributed by atoms with Crippen LogP contribution >= 0.6 is 36.4 Å². The lowest BCUT2D eigenvalue weighted by Crippen LogP contribution is -2.60. The number of rotatable bonds is 4. The Morgan fingerprint density at radius 1 is 1.15 bits per heavy atom. The third-order valence-electron chi connectivity index (χ3n) is 5.47. The first-order valence-corrected chi connectivity index (χ1v) is 9.53. The van der Waals surface area contributed by atoms with Gasteiger partial charge in [0.2, 0.25) is 5.91 Å². The van der Waals surface area contributed by atoms with Gasteiger partial charge in [-0.2, -0.15) is 0 Å². The molecule has 2 aliphatic rings. The Morgan fingerprint density at radius 3 is 2.37 bits per heavy atom. The van der Waals surface area contributed by atoms with Gasteiger partial charge in [-0.3, -0.25) is 9.69 Å². The molecule has 8 heteroatoms. The molecule has 0 aromatic heterocycles. The zero-order chi connectivity index (χ0) is 17.9. The van der Waals surface area contributed by atoms with E-state index >= 15 is 0 Å². The second-order valence-corrected chi connectivity index (χ2v) is 7.68. The molecule has 1 aromatic rings. The lowest BCUT2D eigenvalue weighted by molar-refractivity contribution is -0.140. The van der Waals surface area contributed by atoms with Crippen LogP contribution in [0.4, 0.5) is 0 Å². The summed E-state index contributed by atoms with van der Waals surface area (Å²) in [5.74, 6) is 0.998. The number of carbonyl (C=O) groups excluding carboxylic acids is 1. The summed E-state index contributed by atoms with van der Waals surface area (Å²) >= 11 is 6.12. The molecule has 0 unspecified atom stereocenters. The Labute approximate surface area is 179 Å². The summed E-state index contributed by atoms with van der Waals surface area (Å²) < 4.78 is 5.43. The number of hydrogen-bond acceptors (Lipinski definition) is 4. The van der Waals surface area contributed by atoms with Crippen LogP contribution in [-0.4, -0.2) is 54.5 Å². The van der Waals surface area contributed by atoms with E-state index < -0.39 is 5.54 Å². The fourth-order valence-corrected chi connectivity index (χ4v) is 4.13. The van der Waals surface area contributed by atoms with Crippen LogP contribution in [0.2, 0.25) is 5.02 Å². The number of benzene rings is 1. The first kappa shape index (κ1) is 24.3. The van der Waals surface area contributed by atoms with Gasteiger partial charge in [-0.1, -0.05) is 30.9 Å². The van der Waals surface area contributed by atoms with Gasteiger partial charge < -0.3 is 15.4 Å². The number of ether oxygens (including phenoxy) is 1. The lowest BCUT2D eigenvalue weighted by atomic mass is 9.81. The van der Waals surface area contributed by atoms with Gasteiger partial charge in [-0.15, -0.1) is 24.8 Å². The van der Waals surface area contributed by atoms with E-state index in [-0.39, 0.29) is 30.7 Å². The maximum absolute atomic E-state index is 12.8. The summed E-state index contributed by atoms with van der Waals surface area (Å²) in [6, 6.07) is 5.69. The molecular formula is C19H30Cl3N3O2. The Bertz CT molecular complexity index is 616. The molecule has 1 saturated carbocycles. The van der Waals surface area contributed by atoms with Gasteiger partial charge in [0.15, 0.2) is 0 Å². The van der Waals surface area contributed by atoms with E-state index in [1.165, 1.54) is 6.42 Å². The highest BCUT2D eigenvalue weighted by molar-refractivity contribution is 6.30. The Balaban J connectivity index is 0.00000182. The third-order valence-corrected chi connectivity index (χ3v) is 5.70. The van der Waals surface area contributed by atoms with Crippen LogP contribution in [-0.2, 0) is 11.3 Å². The minimum absolute atomic E-state index is 0. The zero-order valence-electron chi connectivity index (χ0n) is 15.8. The molecule has 1 aliphatic heterocycles. The van der Waals surface area contributed by atoms with Gasteiger partial charge in [-0.25, -0.2) is 0 Å². The highest BCUT2D eigenvalue weighted by Crippen LogP contribution is 2.29. The van der Waals surface area contributed by atoms with Crippen molar-refractivity contribution in [1.82, 2.24) is 9.80 Å². The molecule has 0 bridgehead atoms. The highest BCUT2D eigenvalue weighted by atomic mass is 35.5. The van der Waals surface area contributed by atoms with E-state index in [2.05, 4.69) is 4.90 Å². The minimum Gasteiger partial charge on any atom is -0.496 e. The summed E-state index contributed by atoms with van der Waals surface area (Å²) in [4.78, 5) is 17.1. The van der Waals surface area contributed by atoms with Gasteiger partial charge in [-0.05, 0) is 31.0 Å². The normalized spacial score (nSPS) is 19.6. The molecule has 0 atom stereocenters. The first-order chi connectivity index (χ1) is 12.0. The largest absolute Gasteiger partial charge is 0.496 e. The molecule has 5 nitrogen and oxygen atoms in total. The number of carbonyl (C=O) groups is 1. The Hall–Kier alpha value is -0.720. The summed E-state index contributed by atoms with van der Waals surface area (Å²) in [6.45, 7) is 3.94. The van der Waals surface area contributed by atoms with Crippen LogP contribution in [0.5, 0.6) is 5.75 Å². The second-order valence-electron chi connectivity index (χ2n) is 7.24. The molecule has 1 amide bonds. The minimum atomic E-state index is -0.628. The summed E-state index contributed by atoms with van der Waals surface area (Å²) in [7, 11) is 1.67. The molecule has 2 fully saturated rings. The van der Waals surface area contributed by atoms with Crippen molar-refractivity contribution in [2.75, 3.05) is 33.3 Å². The van der Waals surface area contributed by atoms with Gasteiger partial charge >= 0.3 is 0 Å². The molecule has 3 rings (SSSR count). The average Bonchev–Trinajstić information content (AvgIpc) is 2.63. The Morgan fingerprint density at radius 2 is 1.78 bits per heavy atom. The van der Waals surface area contributed by atoms with Crippen LogP contribution in [0, 0.1) is 0 Å². The van der Waals surface area contributed by atoms with Crippen molar-refractivity contribution in [1.29, 1.82) is 0 Å². The van der Waals surface area contributed by atoms with Crippen LogP contribution in [0.3, 0.4) is 0 Å². The van der Waals surface area contributed by atoms with E-state index in [9.17, 15) is 4.79 Å². The Kier molecular flexibility index (Phi) is 9.66. The van der Waals surface area contributed by atoms with E-state index in [0.29, 0.717) is 5.02 Å². The quantitative estimate of drug-likeness (QED) is 0.781. The molecule has 0 spiro atoms. The van der Waals surface area contributed by atoms with Gasteiger partial charge in [0, 0.05) is 43.3 Å². The fraction of sp³-hybridized carbons (Fsp3) is 0.632. The number of nitrogens with zero attached hydrogens (tertiary/aromatic N) is 2. The number of nitrogens with two attached hydrogens (primary N) is 1. The maximum atomic E-state index is 12.8. The smallest absolute Gasteiger partial charge is 0.242 e. The van der Waals surface area contributed by atoms with Crippen molar-refractivity contribution >= 4 is 42.3 Å². The van der Waals surface area contributed by atoms with Crippen LogP contribution in [0.25, 0.3) is 0 Å². The van der Waals surface area contributed by atoms with E-state index in [1.54, 1.807) is 7.11 Å². The highest BCUT2D eigenvalue weighted by Gasteiger charge is 2.39. The average molecular weight is 439 g/mol. The van der Waals surface area contributed by atoms with Crippen LogP contribution < -0.4 is 10.5 Å². The predicted octanol–water partition coefficient (Wildman–Crippen LogP) is 3.50. The molecule has 27 heavy (non-hydrogen) atoms. The SMILES string of the molecule is COc1ccc(Cl)cc1CN1CCN(C(=O)C2(N)CCCCC2)CC1.Cl.Cl. The predicted molar refractivity (Wildman–Crippen MR) is 114 cm³/mol. The van der Waals surface area contributed by atoms with Crippen molar-refractivity contribution in [2.45, 2.75) is 44.2 Å². The van der Waals surface area contributed by atoms with Crippen molar-refractivity contribution < 1.29 is 9.53 Å². The van der Waals surface area contributed by atoms with E-state index in [0.717, 1.165) is 69.7 Å². The molecule has 1 aromatic carbocycles. The number of methoxy groups -OCH3 is 1. The zero-order valence-corrected chi connectivity index (χ0v) is 18.2. The van der Waals surface area contributed by atoms with Gasteiger partial charge in [0.1, 0.15) is 5.75 Å². The van der Waals surface area contributed by atoms with E-state index in [4.69, 9.17) is 22.1 Å². The summed E-state index contributed by atoms with van der Waals surface area (Å²) in [5.41, 5.74) is 6.86. The third kappa shape index (κ3) is 5.88. The summed E-state index contributed by atoms with van der Waals surface area (Å²) in [6.07, 6.45) is 4.98. The number of hydrogen-bond donors (Lipinski definition) is 1. The molecule has 0 radical (unpaired) electrons. The first-order valence-electron chi connectivity index (χ1n) is 9.15. The number of halogens is 3. The second kappa shape index (κ2) is 10.7. The van der Waals surface area contributed by atoms with Crippen molar-refractivity contribution in [2.24, 2.45) is 5.73 Å². The van der Waals surface area contributed by atoms with Crippen molar-refractivity contribution in [3.05, 3.63) is 28.8 Å². The summed E-state index contributed by atoms with van der Waals surface area (Å²) in [5, 5.41) is 0.715. The van der Waals surface area contributed by atoms with Crippen LogP contribution in [0.15, 0.2) is 18.2 Å². The van der Waals surface area contributed by atoms with Crippen molar-refractivity contribution in [3.63, 3.8) is 0 Å². The molecule has 1 aliphatic carbocycles.